The molecule has 0 rings (SSSR count). The van der Waals surface area contributed by atoms with E-state index in [4.69, 9.17) is 5.11 Å². The molecule has 0 aliphatic rings. The van der Waals surface area contributed by atoms with E-state index < -0.39 is 23.3 Å². The molecule has 1 unspecified atom stereocenters. The Bertz CT molecular complexity index is 326. The van der Waals surface area contributed by atoms with Crippen LogP contribution < -0.4 is 10.6 Å². The fourth-order valence-corrected chi connectivity index (χ4v) is 1.41. The van der Waals surface area contributed by atoms with Gasteiger partial charge in [-0.05, 0) is 27.2 Å². The van der Waals surface area contributed by atoms with Crippen LogP contribution in [0, 0.1) is 5.41 Å². The number of carbonyl (C=O) groups excluding carboxylic acids is 2. The Morgan fingerprint density at radius 2 is 1.83 bits per heavy atom. The van der Waals surface area contributed by atoms with Gasteiger partial charge >= 0.3 is 12.0 Å². The predicted molar refractivity (Wildman–Crippen MR) is 67.1 cm³/mol. The van der Waals surface area contributed by atoms with Crippen LogP contribution in [0.2, 0.25) is 0 Å². The molecule has 18 heavy (non-hydrogen) atoms. The van der Waals surface area contributed by atoms with Crippen LogP contribution in [0.1, 0.15) is 47.0 Å². The Morgan fingerprint density at radius 1 is 1.28 bits per heavy atom. The topological polar surface area (TPSA) is 95.5 Å². The minimum absolute atomic E-state index is 0.0183. The molecule has 0 saturated heterocycles. The SMILES string of the molecule is CCCC(C)NC(=O)NC(=O)CC(C)(C)C(=O)O. The maximum absolute atomic E-state index is 11.5. The van der Waals surface area contributed by atoms with Crippen molar-refractivity contribution in [1.82, 2.24) is 10.6 Å². The molecule has 0 fully saturated rings. The molecule has 0 aliphatic heterocycles. The van der Waals surface area contributed by atoms with E-state index in [1.807, 2.05) is 13.8 Å². The summed E-state index contributed by atoms with van der Waals surface area (Å²) in [5, 5.41) is 13.6. The van der Waals surface area contributed by atoms with Crippen molar-refractivity contribution in [3.63, 3.8) is 0 Å². The number of urea groups is 1. The van der Waals surface area contributed by atoms with E-state index in [0.717, 1.165) is 12.8 Å². The Hall–Kier alpha value is -1.59. The van der Waals surface area contributed by atoms with E-state index in [-0.39, 0.29) is 12.5 Å². The minimum Gasteiger partial charge on any atom is -0.481 e. The molecule has 6 nitrogen and oxygen atoms in total. The Morgan fingerprint density at radius 3 is 2.28 bits per heavy atom. The highest BCUT2D eigenvalue weighted by molar-refractivity contribution is 5.96. The Balaban J connectivity index is 4.17. The van der Waals surface area contributed by atoms with Crippen molar-refractivity contribution in [2.75, 3.05) is 0 Å². The molecule has 0 aromatic heterocycles. The zero-order chi connectivity index (χ0) is 14.3. The van der Waals surface area contributed by atoms with Crippen molar-refractivity contribution in [1.29, 1.82) is 0 Å². The first-order valence-corrected chi connectivity index (χ1v) is 6.02. The number of carboxylic acids is 1. The normalized spacial score (nSPS) is 12.7. The molecule has 0 spiro atoms. The molecule has 0 aliphatic carbocycles. The Labute approximate surface area is 107 Å². The van der Waals surface area contributed by atoms with Gasteiger partial charge in [0.2, 0.25) is 5.91 Å². The van der Waals surface area contributed by atoms with E-state index >= 15 is 0 Å². The minimum atomic E-state index is -1.18. The molecular weight excluding hydrogens is 236 g/mol. The lowest BCUT2D eigenvalue weighted by Gasteiger charge is -2.18. The van der Waals surface area contributed by atoms with E-state index in [1.165, 1.54) is 13.8 Å². The number of imide groups is 1. The lowest BCUT2D eigenvalue weighted by Crippen LogP contribution is -2.45. The lowest BCUT2D eigenvalue weighted by molar-refractivity contribution is -0.149. The van der Waals surface area contributed by atoms with Gasteiger partial charge in [-0.2, -0.15) is 0 Å². The average Bonchev–Trinajstić information content (AvgIpc) is 2.15. The molecule has 104 valence electrons. The van der Waals surface area contributed by atoms with Crippen molar-refractivity contribution in [2.24, 2.45) is 5.41 Å². The third-order valence-corrected chi connectivity index (χ3v) is 2.53. The first kappa shape index (κ1) is 16.4. The number of rotatable bonds is 6. The molecular formula is C12H22N2O4. The number of carboxylic acid groups (broad SMARTS) is 1. The average molecular weight is 258 g/mol. The van der Waals surface area contributed by atoms with Crippen LogP contribution in [-0.2, 0) is 9.59 Å². The summed E-state index contributed by atoms with van der Waals surface area (Å²) in [4.78, 5) is 33.7. The third-order valence-electron chi connectivity index (χ3n) is 2.53. The molecule has 1 atom stereocenters. The van der Waals surface area contributed by atoms with Crippen LogP contribution in [0.25, 0.3) is 0 Å². The maximum atomic E-state index is 11.5. The van der Waals surface area contributed by atoms with Crippen LogP contribution in [0.15, 0.2) is 0 Å². The molecule has 0 heterocycles. The van der Waals surface area contributed by atoms with Crippen LogP contribution in [0.3, 0.4) is 0 Å². The molecule has 3 amide bonds. The number of amides is 3. The number of carbonyl (C=O) groups is 3. The van der Waals surface area contributed by atoms with Crippen LogP contribution >= 0.6 is 0 Å². The number of nitrogens with one attached hydrogen (secondary N) is 2. The molecule has 0 bridgehead atoms. The number of hydrogen-bond donors (Lipinski definition) is 3. The first-order valence-electron chi connectivity index (χ1n) is 6.02. The van der Waals surface area contributed by atoms with Crippen LogP contribution in [0.5, 0.6) is 0 Å². The highest BCUT2D eigenvalue weighted by Crippen LogP contribution is 2.19. The van der Waals surface area contributed by atoms with Gasteiger partial charge in [0.15, 0.2) is 0 Å². The van der Waals surface area contributed by atoms with Gasteiger partial charge in [-0.1, -0.05) is 13.3 Å². The van der Waals surface area contributed by atoms with Gasteiger partial charge in [0.05, 0.1) is 5.41 Å². The molecule has 0 aromatic rings. The van der Waals surface area contributed by atoms with E-state index in [9.17, 15) is 14.4 Å². The summed E-state index contributed by atoms with van der Waals surface area (Å²) in [6.07, 6.45) is 1.52. The molecule has 6 heteroatoms. The summed E-state index contributed by atoms with van der Waals surface area (Å²) in [6.45, 7) is 6.71. The third kappa shape index (κ3) is 6.22. The van der Waals surface area contributed by atoms with E-state index in [1.54, 1.807) is 0 Å². The quantitative estimate of drug-likeness (QED) is 0.672. The van der Waals surface area contributed by atoms with Crippen molar-refractivity contribution >= 4 is 17.9 Å². The van der Waals surface area contributed by atoms with E-state index in [0.29, 0.717) is 0 Å². The van der Waals surface area contributed by atoms with Gasteiger partial charge < -0.3 is 10.4 Å². The lowest BCUT2D eigenvalue weighted by atomic mass is 9.89. The zero-order valence-electron chi connectivity index (χ0n) is 11.4. The molecule has 0 aromatic carbocycles. The summed E-state index contributed by atoms with van der Waals surface area (Å²) in [5.74, 6) is -1.67. The largest absolute Gasteiger partial charge is 0.481 e. The maximum Gasteiger partial charge on any atom is 0.321 e. The second-order valence-corrected chi connectivity index (χ2v) is 5.08. The highest BCUT2D eigenvalue weighted by atomic mass is 16.4. The van der Waals surface area contributed by atoms with Crippen molar-refractivity contribution in [3.8, 4) is 0 Å². The fraction of sp³-hybridized carbons (Fsp3) is 0.750. The fourth-order valence-electron chi connectivity index (χ4n) is 1.41. The summed E-state index contributed by atoms with van der Waals surface area (Å²) >= 11 is 0. The molecule has 0 radical (unpaired) electrons. The summed E-state index contributed by atoms with van der Waals surface area (Å²) in [7, 11) is 0. The second kappa shape index (κ2) is 6.98. The number of aliphatic carboxylic acids is 1. The van der Waals surface area contributed by atoms with Crippen molar-refractivity contribution in [3.05, 3.63) is 0 Å². The van der Waals surface area contributed by atoms with Gasteiger partial charge in [-0.25, -0.2) is 4.79 Å². The van der Waals surface area contributed by atoms with Crippen molar-refractivity contribution < 1.29 is 19.5 Å². The zero-order valence-corrected chi connectivity index (χ0v) is 11.4. The van der Waals surface area contributed by atoms with Gasteiger partial charge in [0, 0.05) is 12.5 Å². The predicted octanol–water partition coefficient (Wildman–Crippen LogP) is 1.50. The second-order valence-electron chi connectivity index (χ2n) is 5.08. The molecule has 3 N–H and O–H groups in total. The van der Waals surface area contributed by atoms with Crippen LogP contribution in [0.4, 0.5) is 4.79 Å². The standard InChI is InChI=1S/C12H22N2O4/c1-5-6-8(2)13-11(18)14-9(15)7-12(3,4)10(16)17/h8H,5-7H2,1-4H3,(H,16,17)(H2,13,14,15,18). The first-order chi connectivity index (χ1) is 8.19. The summed E-state index contributed by atoms with van der Waals surface area (Å²) in [6, 6.07) is -0.600. The monoisotopic (exact) mass is 258 g/mol. The van der Waals surface area contributed by atoms with Gasteiger partial charge in [0.25, 0.3) is 0 Å². The summed E-state index contributed by atoms with van der Waals surface area (Å²) < 4.78 is 0. The van der Waals surface area contributed by atoms with Crippen molar-refractivity contribution in [2.45, 2.75) is 53.0 Å². The van der Waals surface area contributed by atoms with Crippen LogP contribution in [-0.4, -0.2) is 29.1 Å². The summed E-state index contributed by atoms with van der Waals surface area (Å²) in [5.41, 5.74) is -1.18. The highest BCUT2D eigenvalue weighted by Gasteiger charge is 2.30. The van der Waals surface area contributed by atoms with Gasteiger partial charge in [-0.3, -0.25) is 14.9 Å². The van der Waals surface area contributed by atoms with Gasteiger partial charge in [-0.15, -0.1) is 0 Å². The smallest absolute Gasteiger partial charge is 0.321 e. The van der Waals surface area contributed by atoms with Gasteiger partial charge in [0.1, 0.15) is 0 Å². The Kier molecular flexibility index (Phi) is 6.36. The van der Waals surface area contributed by atoms with E-state index in [2.05, 4.69) is 10.6 Å². The molecule has 0 saturated carbocycles. The number of hydrogen-bond acceptors (Lipinski definition) is 3.